The molecule has 0 spiro atoms. The maximum Gasteiger partial charge on any atom is 0.531 e. The van der Waals surface area contributed by atoms with Crippen LogP contribution in [0.5, 0.6) is 0 Å². The first-order valence-electron chi connectivity index (χ1n) is 20.9. The second-order valence-corrected chi connectivity index (χ2v) is 16.5. The van der Waals surface area contributed by atoms with Crippen LogP contribution in [0.4, 0.5) is 17.6 Å². The maximum absolute atomic E-state index is 13.7. The van der Waals surface area contributed by atoms with Gasteiger partial charge in [0.15, 0.2) is 23.8 Å². The third kappa shape index (κ3) is 23.6. The molecule has 0 aliphatic carbocycles. The Morgan fingerprint density at radius 1 is 0.761 bits per heavy atom. The van der Waals surface area contributed by atoms with Gasteiger partial charge in [-0.05, 0) is 61.1 Å². The van der Waals surface area contributed by atoms with Crippen molar-refractivity contribution in [2.24, 2.45) is 11.8 Å². The molecule has 1 heterocycles. The minimum atomic E-state index is -2.30. The number of benzene rings is 2. The molecular weight excluding hydrogens is 966 g/mol. The fourth-order valence-corrected chi connectivity index (χ4v) is 6.53. The quantitative estimate of drug-likeness (QED) is 0.0268. The van der Waals surface area contributed by atoms with E-state index in [1.165, 1.54) is 0 Å². The molecule has 71 heavy (non-hydrogen) atoms. The molecule has 2 amide bonds. The molecule has 0 aromatic heterocycles. The Morgan fingerprint density at radius 3 is 1.62 bits per heavy atom. The molecule has 0 saturated carbocycles. The van der Waals surface area contributed by atoms with E-state index in [9.17, 15) is 80.7 Å². The predicted octanol–water partition coefficient (Wildman–Crippen LogP) is 1.03. The van der Waals surface area contributed by atoms with Gasteiger partial charge in [0.2, 0.25) is 0 Å². The summed E-state index contributed by atoms with van der Waals surface area (Å²) in [4.78, 5) is 113. The molecule has 2 aromatic carbocycles. The van der Waals surface area contributed by atoms with Gasteiger partial charge in [0.25, 0.3) is 30.5 Å². The third-order valence-electron chi connectivity index (χ3n) is 9.46. The van der Waals surface area contributed by atoms with Crippen molar-refractivity contribution in [3.8, 4) is 0 Å². The number of ether oxygens (including phenoxy) is 2. The van der Waals surface area contributed by atoms with E-state index in [0.717, 1.165) is 30.3 Å². The molecule has 1 saturated heterocycles. The SMILES string of the molecule is CC(C)C[C@H](CC(=O)CNC(=O)c1cc(F)ccc1F)B(O)O.CC(C)C[C@H](CC(=O)CNC(=O)c1cc(F)ccc1F)B1OC(=O)C(CC(=O)O)(CC(=O)O)O1.O.O=COCC(O)(CC(=O)O)OC=O. The van der Waals surface area contributed by atoms with Crippen molar-refractivity contribution in [2.45, 2.75) is 95.7 Å². The lowest BCUT2D eigenvalue weighted by molar-refractivity contribution is -0.220. The van der Waals surface area contributed by atoms with Gasteiger partial charge in [-0.2, -0.15) is 0 Å². The standard InChI is InChI=1S/C21H24BF2NO9.C15H20BF2NO4.C6H8O7.H2O/c1-11(2)5-12(22-33-20(32)21(34-22,8-17(27)28)9-18(29)30)6-14(26)10-25-19(31)15-7-13(23)3-4-16(15)24;1-9(2)5-10(16(22)23)6-12(20)8-19-15(21)13-7-11(17)3-4-14(13)18;7-3-12-2-6(11,13-4-8)1-5(9)10;/h3-4,7,11-12H,5-6,8-10H2,1-2H3,(H,25,31)(H,27,28)(H,29,30);3-4,7,9-10,22-23H,5-6,8H2,1-2H3,(H,19,21);3-4,11H,1-2H2,(H,9,10);1H2/t12-;10-;;/m11../s1. The van der Waals surface area contributed by atoms with Crippen LogP contribution in [0.2, 0.25) is 11.6 Å². The van der Waals surface area contributed by atoms with Gasteiger partial charge in [-0.3, -0.25) is 47.9 Å². The fourth-order valence-electron chi connectivity index (χ4n) is 6.53. The number of hydrogen-bond donors (Lipinski definition) is 8. The summed E-state index contributed by atoms with van der Waals surface area (Å²) in [5.41, 5.74) is -3.30. The van der Waals surface area contributed by atoms with Gasteiger partial charge in [-0.1, -0.05) is 27.7 Å². The molecule has 3 rings (SSSR count). The molecule has 2 aromatic rings. The van der Waals surface area contributed by atoms with Crippen molar-refractivity contribution in [3.63, 3.8) is 0 Å². The molecular formula is C42H54B2F4N2O21. The van der Waals surface area contributed by atoms with E-state index in [4.69, 9.17) is 24.6 Å². The van der Waals surface area contributed by atoms with E-state index in [1.807, 2.05) is 27.7 Å². The second-order valence-electron chi connectivity index (χ2n) is 16.5. The molecule has 1 unspecified atom stereocenters. The van der Waals surface area contributed by atoms with E-state index in [1.54, 1.807) is 0 Å². The van der Waals surface area contributed by atoms with E-state index in [2.05, 4.69) is 20.1 Å². The Morgan fingerprint density at radius 2 is 1.23 bits per heavy atom. The molecule has 10 N–H and O–H groups in total. The van der Waals surface area contributed by atoms with E-state index in [-0.39, 0.29) is 49.5 Å². The number of carbonyl (C=O) groups excluding carboxylic acids is 7. The summed E-state index contributed by atoms with van der Waals surface area (Å²) < 4.78 is 72.2. The number of amides is 2. The average Bonchev–Trinajstić information content (AvgIpc) is 3.55. The highest BCUT2D eigenvalue weighted by molar-refractivity contribution is 6.51. The van der Waals surface area contributed by atoms with Crippen LogP contribution in [0.1, 0.15) is 93.4 Å². The summed E-state index contributed by atoms with van der Waals surface area (Å²) in [5, 5.41) is 58.6. The summed E-state index contributed by atoms with van der Waals surface area (Å²) >= 11 is 0. The summed E-state index contributed by atoms with van der Waals surface area (Å²) in [6, 6.07) is 4.76. The highest BCUT2D eigenvalue weighted by atomic mass is 19.1. The zero-order chi connectivity index (χ0) is 53.5. The molecule has 29 heteroatoms. The second kappa shape index (κ2) is 30.7. The number of hydrogen-bond acceptors (Lipinski definition) is 17. The highest BCUT2D eigenvalue weighted by Crippen LogP contribution is 2.38. The van der Waals surface area contributed by atoms with E-state index in [0.29, 0.717) is 12.5 Å². The van der Waals surface area contributed by atoms with Crippen molar-refractivity contribution in [1.82, 2.24) is 10.6 Å². The average molecular weight is 1020 g/mol. The molecule has 1 fully saturated rings. The lowest BCUT2D eigenvalue weighted by Crippen LogP contribution is -2.42. The zero-order valence-corrected chi connectivity index (χ0v) is 38.6. The minimum absolute atomic E-state index is 0. The van der Waals surface area contributed by atoms with Crippen LogP contribution in [0.25, 0.3) is 0 Å². The molecule has 0 radical (unpaired) electrons. The van der Waals surface area contributed by atoms with Gasteiger partial charge in [0.05, 0.1) is 37.1 Å². The molecule has 23 nitrogen and oxygen atoms in total. The normalized spacial score (nSPS) is 14.0. The Kier molecular flexibility index (Phi) is 27.8. The monoisotopic (exact) mass is 1020 g/mol. The van der Waals surface area contributed by atoms with Crippen molar-refractivity contribution in [1.29, 1.82) is 0 Å². The highest BCUT2D eigenvalue weighted by Gasteiger charge is 2.57. The lowest BCUT2D eigenvalue weighted by atomic mass is 9.65. The number of carboxylic acid groups (broad SMARTS) is 3. The summed E-state index contributed by atoms with van der Waals surface area (Å²) in [5.74, 6) is -15.4. The van der Waals surface area contributed by atoms with E-state index < -0.39 is 158 Å². The number of ketones is 2. The first kappa shape index (κ1) is 64.2. The van der Waals surface area contributed by atoms with Gasteiger partial charge in [0, 0.05) is 24.5 Å². The Labute approximate surface area is 402 Å². The van der Waals surface area contributed by atoms with Crippen LogP contribution >= 0.6 is 0 Å². The van der Waals surface area contributed by atoms with Crippen molar-refractivity contribution in [2.75, 3.05) is 19.7 Å². The number of halogens is 4. The van der Waals surface area contributed by atoms with Crippen LogP contribution in [0.15, 0.2) is 36.4 Å². The van der Waals surface area contributed by atoms with Crippen molar-refractivity contribution >= 4 is 74.4 Å². The number of carbonyl (C=O) groups is 10. The number of nitrogens with one attached hydrogen (secondary N) is 2. The number of aliphatic hydroxyl groups is 1. The number of carboxylic acids is 3. The predicted molar refractivity (Wildman–Crippen MR) is 233 cm³/mol. The number of aliphatic carboxylic acids is 3. The molecule has 0 bridgehead atoms. The van der Waals surface area contributed by atoms with Crippen molar-refractivity contribution in [3.05, 3.63) is 70.8 Å². The third-order valence-corrected chi connectivity index (χ3v) is 9.46. The molecule has 1 aliphatic rings. The smallest absolute Gasteiger partial charge is 0.507 e. The van der Waals surface area contributed by atoms with Crippen LogP contribution < -0.4 is 10.6 Å². The van der Waals surface area contributed by atoms with Gasteiger partial charge < -0.3 is 65.4 Å². The van der Waals surface area contributed by atoms with Crippen LogP contribution in [0.3, 0.4) is 0 Å². The van der Waals surface area contributed by atoms with Gasteiger partial charge in [0.1, 0.15) is 29.7 Å². The van der Waals surface area contributed by atoms with Crippen LogP contribution in [-0.2, 0) is 57.1 Å². The Balaban J connectivity index is 0.00000114. The van der Waals surface area contributed by atoms with Crippen molar-refractivity contribution < 1.29 is 120 Å². The maximum atomic E-state index is 13.7. The largest absolute Gasteiger partial charge is 0.531 e. The minimum Gasteiger partial charge on any atom is -0.507 e. The topological polar surface area (TPSA) is 385 Å². The lowest BCUT2D eigenvalue weighted by Gasteiger charge is -2.23. The van der Waals surface area contributed by atoms with E-state index >= 15 is 0 Å². The van der Waals surface area contributed by atoms with Gasteiger partial charge >= 0.3 is 38.1 Å². The zero-order valence-electron chi connectivity index (χ0n) is 38.6. The van der Waals surface area contributed by atoms with Crippen LogP contribution in [0, 0.1) is 35.1 Å². The Hall–Kier alpha value is -6.81. The first-order chi connectivity index (χ1) is 32.6. The Bertz CT molecular complexity index is 2170. The van der Waals surface area contributed by atoms with Gasteiger partial charge in [-0.15, -0.1) is 0 Å². The summed E-state index contributed by atoms with van der Waals surface area (Å²) in [7, 11) is -3.01. The number of rotatable bonds is 27. The molecule has 3 atom stereocenters. The number of Topliss-reactive ketones (excluding diaryl/α,β-unsaturated/α-hetero) is 2. The summed E-state index contributed by atoms with van der Waals surface area (Å²) in [6.45, 7) is 5.60. The van der Waals surface area contributed by atoms with Gasteiger partial charge in [-0.25, -0.2) is 17.6 Å². The van der Waals surface area contributed by atoms with Crippen LogP contribution in [-0.4, -0.2) is 141 Å². The molecule has 392 valence electrons. The molecule has 1 aliphatic heterocycles. The fraction of sp³-hybridized carbons (Fsp3) is 0.476. The first-order valence-corrected chi connectivity index (χ1v) is 20.9. The summed E-state index contributed by atoms with van der Waals surface area (Å²) in [6.07, 6.45) is -2.42.